The van der Waals surface area contributed by atoms with Gasteiger partial charge < -0.3 is 20.1 Å². The number of amides is 2. The summed E-state index contributed by atoms with van der Waals surface area (Å²) >= 11 is 1.38. The van der Waals surface area contributed by atoms with Crippen molar-refractivity contribution in [1.29, 1.82) is 0 Å². The smallest absolute Gasteiger partial charge is 0.261 e. The third kappa shape index (κ3) is 8.34. The lowest BCUT2D eigenvalue weighted by molar-refractivity contribution is -0.121. The molecule has 0 spiro atoms. The van der Waals surface area contributed by atoms with Crippen molar-refractivity contribution in [3.63, 3.8) is 0 Å². The summed E-state index contributed by atoms with van der Waals surface area (Å²) in [5.41, 5.74) is 2.07. The number of carbonyl (C=O) groups is 2. The quantitative estimate of drug-likeness (QED) is 0.547. The maximum Gasteiger partial charge on any atom is 0.261 e. The molecule has 0 saturated carbocycles. The van der Waals surface area contributed by atoms with Crippen LogP contribution >= 0.6 is 11.3 Å². The molecule has 6 nitrogen and oxygen atoms in total. The Morgan fingerprint density at radius 1 is 1.04 bits per heavy atom. The summed E-state index contributed by atoms with van der Waals surface area (Å²) in [6.45, 7) is 5.08. The summed E-state index contributed by atoms with van der Waals surface area (Å²) in [6, 6.07) is 11.5. The molecule has 2 rings (SSSR count). The highest BCUT2D eigenvalue weighted by atomic mass is 32.1. The number of thiophene rings is 1. The van der Waals surface area contributed by atoms with E-state index in [1.54, 1.807) is 6.07 Å². The summed E-state index contributed by atoms with van der Waals surface area (Å²) in [7, 11) is 0. The molecule has 0 atom stereocenters. The minimum atomic E-state index is -0.144. The van der Waals surface area contributed by atoms with E-state index >= 15 is 0 Å². The Bertz CT molecular complexity index is 704. The molecule has 0 aliphatic rings. The van der Waals surface area contributed by atoms with Gasteiger partial charge >= 0.3 is 0 Å². The fourth-order valence-corrected chi connectivity index (χ4v) is 3.00. The van der Waals surface area contributed by atoms with Crippen LogP contribution in [0.2, 0.25) is 0 Å². The Morgan fingerprint density at radius 3 is 2.63 bits per heavy atom. The van der Waals surface area contributed by atoms with Gasteiger partial charge in [-0.15, -0.1) is 11.3 Å². The standard InChI is InChI=1S/C20H26N2O4S/c1-2-25-10-11-26-15-17-6-3-5-16(13-17)14-22-19(23)8-9-21-20(24)18-7-4-12-27-18/h3-7,12-13H,2,8-11,14-15H2,1H3,(H,21,24)(H,22,23). The van der Waals surface area contributed by atoms with Crippen LogP contribution in [0.3, 0.4) is 0 Å². The van der Waals surface area contributed by atoms with Crippen LogP contribution in [0, 0.1) is 0 Å². The van der Waals surface area contributed by atoms with Gasteiger partial charge in [0.2, 0.25) is 5.91 Å². The molecule has 2 aromatic rings. The zero-order chi connectivity index (χ0) is 19.3. The lowest BCUT2D eigenvalue weighted by Gasteiger charge is -2.09. The van der Waals surface area contributed by atoms with Crippen LogP contribution in [0.1, 0.15) is 34.1 Å². The molecule has 146 valence electrons. The summed E-state index contributed by atoms with van der Waals surface area (Å²) in [6.07, 6.45) is 0.247. The van der Waals surface area contributed by atoms with Crippen molar-refractivity contribution in [3.05, 3.63) is 57.8 Å². The zero-order valence-electron chi connectivity index (χ0n) is 15.5. The highest BCUT2D eigenvalue weighted by molar-refractivity contribution is 7.12. The molecule has 0 aliphatic carbocycles. The first-order valence-corrected chi connectivity index (χ1v) is 9.88. The van der Waals surface area contributed by atoms with Crippen molar-refractivity contribution in [2.24, 2.45) is 0 Å². The molecule has 0 unspecified atom stereocenters. The number of rotatable bonds is 12. The van der Waals surface area contributed by atoms with Gasteiger partial charge in [-0.05, 0) is 29.5 Å². The molecule has 1 aromatic heterocycles. The van der Waals surface area contributed by atoms with Crippen LogP contribution in [0.25, 0.3) is 0 Å². The summed E-state index contributed by atoms with van der Waals surface area (Å²) < 4.78 is 10.8. The average Bonchev–Trinajstić information content (AvgIpc) is 3.21. The van der Waals surface area contributed by atoms with E-state index in [1.165, 1.54) is 11.3 Å². The number of benzene rings is 1. The Labute approximate surface area is 163 Å². The number of carbonyl (C=O) groups excluding carboxylic acids is 2. The molecule has 0 aliphatic heterocycles. The summed E-state index contributed by atoms with van der Waals surface area (Å²) in [4.78, 5) is 24.4. The van der Waals surface area contributed by atoms with Crippen LogP contribution < -0.4 is 10.6 Å². The minimum Gasteiger partial charge on any atom is -0.379 e. The van der Waals surface area contributed by atoms with Gasteiger partial charge in [0.25, 0.3) is 5.91 Å². The molecule has 2 amide bonds. The van der Waals surface area contributed by atoms with Crippen LogP contribution in [-0.2, 0) is 27.4 Å². The second-order valence-electron chi connectivity index (χ2n) is 5.83. The van der Waals surface area contributed by atoms with E-state index in [1.807, 2.05) is 42.6 Å². The number of ether oxygens (including phenoxy) is 2. The van der Waals surface area contributed by atoms with Crippen molar-refractivity contribution in [1.82, 2.24) is 10.6 Å². The van der Waals surface area contributed by atoms with E-state index in [0.717, 1.165) is 11.1 Å². The molecular formula is C20H26N2O4S. The second-order valence-corrected chi connectivity index (χ2v) is 6.78. The molecule has 7 heteroatoms. The van der Waals surface area contributed by atoms with Gasteiger partial charge in [-0.2, -0.15) is 0 Å². The molecule has 0 fully saturated rings. The Hall–Kier alpha value is -2.22. The van der Waals surface area contributed by atoms with Gasteiger partial charge in [0.15, 0.2) is 0 Å². The number of hydrogen-bond acceptors (Lipinski definition) is 5. The van der Waals surface area contributed by atoms with E-state index in [2.05, 4.69) is 10.6 Å². The predicted molar refractivity (Wildman–Crippen MR) is 106 cm³/mol. The van der Waals surface area contributed by atoms with Crippen LogP contribution in [-0.4, -0.2) is 38.2 Å². The van der Waals surface area contributed by atoms with Gasteiger partial charge in [-0.1, -0.05) is 30.3 Å². The predicted octanol–water partition coefficient (Wildman–Crippen LogP) is 2.74. The SMILES string of the molecule is CCOCCOCc1cccc(CNC(=O)CCNC(=O)c2cccs2)c1. The first-order valence-electron chi connectivity index (χ1n) is 9.00. The third-order valence-electron chi connectivity index (χ3n) is 3.71. The van der Waals surface area contributed by atoms with Gasteiger partial charge in [-0.25, -0.2) is 0 Å². The van der Waals surface area contributed by atoms with Crippen molar-refractivity contribution in [3.8, 4) is 0 Å². The van der Waals surface area contributed by atoms with Crippen LogP contribution in [0.15, 0.2) is 41.8 Å². The topological polar surface area (TPSA) is 76.7 Å². The first kappa shape index (κ1) is 21.1. The van der Waals surface area contributed by atoms with Crippen molar-refractivity contribution in [2.75, 3.05) is 26.4 Å². The third-order valence-corrected chi connectivity index (χ3v) is 4.58. The van der Waals surface area contributed by atoms with Crippen LogP contribution in [0.5, 0.6) is 0 Å². The summed E-state index contributed by atoms with van der Waals surface area (Å²) in [5.74, 6) is -0.241. The van der Waals surface area contributed by atoms with Crippen LogP contribution in [0.4, 0.5) is 0 Å². The average molecular weight is 391 g/mol. The summed E-state index contributed by atoms with van der Waals surface area (Å²) in [5, 5.41) is 7.46. The fraction of sp³-hybridized carbons (Fsp3) is 0.400. The van der Waals surface area contributed by atoms with Crippen molar-refractivity contribution in [2.45, 2.75) is 26.5 Å². The van der Waals surface area contributed by atoms with Crippen molar-refractivity contribution < 1.29 is 19.1 Å². The van der Waals surface area contributed by atoms with E-state index in [0.29, 0.717) is 44.4 Å². The molecule has 0 bridgehead atoms. The highest BCUT2D eigenvalue weighted by Gasteiger charge is 2.07. The van der Waals surface area contributed by atoms with Gasteiger partial charge in [0, 0.05) is 26.1 Å². The Balaban J connectivity index is 1.64. The lowest BCUT2D eigenvalue weighted by atomic mass is 10.1. The first-order chi connectivity index (χ1) is 13.2. The zero-order valence-corrected chi connectivity index (χ0v) is 16.3. The van der Waals surface area contributed by atoms with Gasteiger partial charge in [0.1, 0.15) is 0 Å². The minimum absolute atomic E-state index is 0.0974. The number of nitrogens with one attached hydrogen (secondary N) is 2. The Kier molecular flexibility index (Phi) is 9.54. The molecule has 2 N–H and O–H groups in total. The second kappa shape index (κ2) is 12.2. The highest BCUT2D eigenvalue weighted by Crippen LogP contribution is 2.08. The van der Waals surface area contributed by atoms with E-state index in [4.69, 9.17) is 9.47 Å². The normalized spacial score (nSPS) is 10.6. The Morgan fingerprint density at radius 2 is 1.85 bits per heavy atom. The van der Waals surface area contributed by atoms with Gasteiger partial charge in [-0.3, -0.25) is 9.59 Å². The largest absolute Gasteiger partial charge is 0.379 e. The van der Waals surface area contributed by atoms with Crippen molar-refractivity contribution >= 4 is 23.2 Å². The van der Waals surface area contributed by atoms with Gasteiger partial charge in [0.05, 0.1) is 24.7 Å². The fourth-order valence-electron chi connectivity index (χ4n) is 2.36. The van der Waals surface area contributed by atoms with E-state index in [-0.39, 0.29) is 18.2 Å². The molecule has 0 radical (unpaired) electrons. The monoisotopic (exact) mass is 390 g/mol. The maximum absolute atomic E-state index is 11.9. The maximum atomic E-state index is 11.9. The molecule has 0 saturated heterocycles. The molecule has 1 aromatic carbocycles. The van der Waals surface area contributed by atoms with E-state index < -0.39 is 0 Å². The molecule has 1 heterocycles. The molecular weight excluding hydrogens is 364 g/mol. The molecule has 27 heavy (non-hydrogen) atoms. The number of hydrogen-bond donors (Lipinski definition) is 2. The lowest BCUT2D eigenvalue weighted by Crippen LogP contribution is -2.30. The van der Waals surface area contributed by atoms with E-state index in [9.17, 15) is 9.59 Å².